The van der Waals surface area contributed by atoms with Crippen molar-refractivity contribution in [3.8, 4) is 22.6 Å². The molecule has 0 atom stereocenters. The summed E-state index contributed by atoms with van der Waals surface area (Å²) in [6.07, 6.45) is 3.99. The first-order chi connectivity index (χ1) is 9.69. The number of hydrogen-bond donors (Lipinski definition) is 2. The lowest BCUT2D eigenvalue weighted by molar-refractivity contribution is 0.404. The minimum atomic E-state index is -0.0212. The van der Waals surface area contributed by atoms with E-state index in [0.717, 1.165) is 47.9 Å². The molecule has 0 saturated heterocycles. The summed E-state index contributed by atoms with van der Waals surface area (Å²) in [5.74, 6) is -0.0274. The number of phenols is 2. The Morgan fingerprint density at radius 2 is 1.70 bits per heavy atom. The highest BCUT2D eigenvalue weighted by atomic mass is 16.3. The lowest BCUT2D eigenvalue weighted by atomic mass is 9.90. The second-order valence-corrected chi connectivity index (χ2v) is 5.08. The van der Waals surface area contributed by atoms with E-state index in [-0.39, 0.29) is 11.5 Å². The average molecular weight is 270 g/mol. The number of phenolic OH excluding ortho intramolecular Hbond substituents is 2. The van der Waals surface area contributed by atoms with Crippen molar-refractivity contribution >= 4 is 0 Å². The maximum atomic E-state index is 10.3. The van der Waals surface area contributed by atoms with Gasteiger partial charge in [0.1, 0.15) is 0 Å². The molecule has 2 rings (SSSR count). The smallest absolute Gasteiger partial charge is 0.165 e. The molecule has 0 aliphatic carbocycles. The molecular formula is C18H22O2. The maximum Gasteiger partial charge on any atom is 0.165 e. The molecule has 2 nitrogen and oxygen atoms in total. The van der Waals surface area contributed by atoms with Crippen LogP contribution in [0.4, 0.5) is 0 Å². The van der Waals surface area contributed by atoms with Crippen molar-refractivity contribution in [3.63, 3.8) is 0 Å². The highest BCUT2D eigenvalue weighted by Gasteiger charge is 2.17. The highest BCUT2D eigenvalue weighted by Crippen LogP contribution is 2.41. The second-order valence-electron chi connectivity index (χ2n) is 5.08. The summed E-state index contributed by atoms with van der Waals surface area (Å²) in [4.78, 5) is 0. The van der Waals surface area contributed by atoms with Crippen molar-refractivity contribution in [2.75, 3.05) is 0 Å². The Balaban J connectivity index is 2.61. The molecule has 0 amide bonds. The number of rotatable bonds is 5. The third-order valence-electron chi connectivity index (χ3n) is 3.70. The fraction of sp³-hybridized carbons (Fsp3) is 0.333. The Morgan fingerprint density at radius 1 is 1.00 bits per heavy atom. The Bertz CT molecular complexity index is 574. The summed E-state index contributed by atoms with van der Waals surface area (Å²) >= 11 is 0. The standard InChI is InChI=1S/C18H22O2/c1-3-5-9-14-12-16(19)18(20)17(15(14)4-2)13-10-7-6-8-11-13/h6-8,10-12,19-20H,3-5,9H2,1-2H3. The summed E-state index contributed by atoms with van der Waals surface area (Å²) in [6.45, 7) is 4.25. The molecule has 0 saturated carbocycles. The predicted molar refractivity (Wildman–Crippen MR) is 83.2 cm³/mol. The SMILES string of the molecule is CCCCc1cc(O)c(O)c(-c2ccccc2)c1CC. The van der Waals surface area contributed by atoms with Gasteiger partial charge in [-0.1, -0.05) is 50.6 Å². The zero-order chi connectivity index (χ0) is 14.5. The van der Waals surface area contributed by atoms with E-state index in [9.17, 15) is 10.2 Å². The normalized spacial score (nSPS) is 10.7. The van der Waals surface area contributed by atoms with Crippen molar-refractivity contribution < 1.29 is 10.2 Å². The summed E-state index contributed by atoms with van der Waals surface area (Å²) in [5.41, 5.74) is 4.01. The average Bonchev–Trinajstić information content (AvgIpc) is 2.48. The molecule has 2 aromatic rings. The lowest BCUT2D eigenvalue weighted by Crippen LogP contribution is -1.98. The van der Waals surface area contributed by atoms with Crippen LogP contribution in [-0.4, -0.2) is 10.2 Å². The second kappa shape index (κ2) is 6.47. The molecule has 0 aliphatic heterocycles. The van der Waals surface area contributed by atoms with E-state index in [0.29, 0.717) is 0 Å². The number of aromatic hydroxyl groups is 2. The summed E-state index contributed by atoms with van der Waals surface area (Å²) in [6, 6.07) is 11.5. The monoisotopic (exact) mass is 270 g/mol. The molecule has 20 heavy (non-hydrogen) atoms. The fourth-order valence-electron chi connectivity index (χ4n) is 2.66. The Hall–Kier alpha value is -1.96. The van der Waals surface area contributed by atoms with Gasteiger partial charge in [-0.05, 0) is 42.0 Å². The maximum absolute atomic E-state index is 10.3. The van der Waals surface area contributed by atoms with Crippen molar-refractivity contribution in [3.05, 3.63) is 47.5 Å². The van der Waals surface area contributed by atoms with Crippen LogP contribution in [0.25, 0.3) is 11.1 Å². The quantitative estimate of drug-likeness (QED) is 0.775. The number of aryl methyl sites for hydroxylation is 1. The van der Waals surface area contributed by atoms with Crippen LogP contribution in [-0.2, 0) is 12.8 Å². The number of hydrogen-bond acceptors (Lipinski definition) is 2. The third kappa shape index (κ3) is 2.79. The van der Waals surface area contributed by atoms with Crippen molar-refractivity contribution in [2.24, 2.45) is 0 Å². The van der Waals surface area contributed by atoms with E-state index in [1.165, 1.54) is 0 Å². The molecule has 0 aromatic heterocycles. The Morgan fingerprint density at radius 3 is 2.30 bits per heavy atom. The van der Waals surface area contributed by atoms with E-state index in [1.807, 2.05) is 30.3 Å². The van der Waals surface area contributed by atoms with Crippen LogP contribution in [0.3, 0.4) is 0 Å². The van der Waals surface area contributed by atoms with Crippen LogP contribution in [0.1, 0.15) is 37.8 Å². The topological polar surface area (TPSA) is 40.5 Å². The summed E-state index contributed by atoms with van der Waals surface area (Å²) < 4.78 is 0. The molecule has 0 radical (unpaired) electrons. The van der Waals surface area contributed by atoms with E-state index >= 15 is 0 Å². The van der Waals surface area contributed by atoms with E-state index in [1.54, 1.807) is 6.07 Å². The molecular weight excluding hydrogens is 248 g/mol. The minimum absolute atomic E-state index is 0.00621. The van der Waals surface area contributed by atoms with Gasteiger partial charge in [-0.15, -0.1) is 0 Å². The molecule has 0 spiro atoms. The van der Waals surface area contributed by atoms with Gasteiger partial charge in [0.15, 0.2) is 11.5 Å². The van der Waals surface area contributed by atoms with Gasteiger partial charge in [0.25, 0.3) is 0 Å². The predicted octanol–water partition coefficient (Wildman–Crippen LogP) is 4.67. The van der Waals surface area contributed by atoms with E-state index < -0.39 is 0 Å². The van der Waals surface area contributed by atoms with E-state index in [4.69, 9.17) is 0 Å². The van der Waals surface area contributed by atoms with Crippen molar-refractivity contribution in [1.82, 2.24) is 0 Å². The molecule has 2 aromatic carbocycles. The molecule has 0 bridgehead atoms. The van der Waals surface area contributed by atoms with Crippen molar-refractivity contribution in [2.45, 2.75) is 39.5 Å². The highest BCUT2D eigenvalue weighted by molar-refractivity contribution is 5.78. The molecule has 2 heteroatoms. The summed E-state index contributed by atoms with van der Waals surface area (Å²) in [7, 11) is 0. The molecule has 0 heterocycles. The zero-order valence-corrected chi connectivity index (χ0v) is 12.2. The van der Waals surface area contributed by atoms with Gasteiger partial charge in [-0.25, -0.2) is 0 Å². The first-order valence-electron chi connectivity index (χ1n) is 7.31. The van der Waals surface area contributed by atoms with Crippen molar-refractivity contribution in [1.29, 1.82) is 0 Å². The van der Waals surface area contributed by atoms with Gasteiger partial charge in [-0.2, -0.15) is 0 Å². The number of unbranched alkanes of at least 4 members (excludes halogenated alkanes) is 1. The van der Waals surface area contributed by atoms with Gasteiger partial charge in [0.2, 0.25) is 0 Å². The van der Waals surface area contributed by atoms with Crippen LogP contribution in [0.5, 0.6) is 11.5 Å². The largest absolute Gasteiger partial charge is 0.504 e. The molecule has 2 N–H and O–H groups in total. The van der Waals surface area contributed by atoms with Crippen LogP contribution in [0, 0.1) is 0 Å². The summed E-state index contributed by atoms with van der Waals surface area (Å²) in [5, 5.41) is 20.3. The number of benzene rings is 2. The lowest BCUT2D eigenvalue weighted by Gasteiger charge is -2.17. The van der Waals surface area contributed by atoms with Crippen LogP contribution in [0.2, 0.25) is 0 Å². The van der Waals surface area contributed by atoms with Gasteiger partial charge in [-0.3, -0.25) is 0 Å². The van der Waals surface area contributed by atoms with Crippen LogP contribution >= 0.6 is 0 Å². The van der Waals surface area contributed by atoms with Gasteiger partial charge >= 0.3 is 0 Å². The van der Waals surface area contributed by atoms with Crippen LogP contribution in [0.15, 0.2) is 36.4 Å². The van der Waals surface area contributed by atoms with Gasteiger partial charge < -0.3 is 10.2 Å². The molecule has 0 aliphatic rings. The molecule has 0 unspecified atom stereocenters. The zero-order valence-electron chi connectivity index (χ0n) is 12.2. The van der Waals surface area contributed by atoms with E-state index in [2.05, 4.69) is 13.8 Å². The molecule has 106 valence electrons. The first-order valence-corrected chi connectivity index (χ1v) is 7.31. The third-order valence-corrected chi connectivity index (χ3v) is 3.70. The van der Waals surface area contributed by atoms with Crippen LogP contribution < -0.4 is 0 Å². The molecule has 0 fully saturated rings. The first kappa shape index (κ1) is 14.4. The minimum Gasteiger partial charge on any atom is -0.504 e. The van der Waals surface area contributed by atoms with Gasteiger partial charge in [0.05, 0.1) is 0 Å². The Kier molecular flexibility index (Phi) is 4.67. The Labute approximate surface area is 120 Å². The van der Waals surface area contributed by atoms with Gasteiger partial charge in [0, 0.05) is 5.56 Å². The fourth-order valence-corrected chi connectivity index (χ4v) is 2.66.